The van der Waals surface area contributed by atoms with E-state index in [0.717, 1.165) is 19.4 Å². The lowest BCUT2D eigenvalue weighted by molar-refractivity contribution is 0.956. The maximum absolute atomic E-state index is 6.16. The summed E-state index contributed by atoms with van der Waals surface area (Å²) in [5, 5.41) is 0. The molecule has 0 N–H and O–H groups in total. The van der Waals surface area contributed by atoms with Crippen LogP contribution < -0.4 is 4.90 Å². The van der Waals surface area contributed by atoms with Crippen LogP contribution in [0.15, 0.2) is 72.8 Å². The zero-order valence-corrected chi connectivity index (χ0v) is 14.3. The van der Waals surface area contributed by atoms with Crippen LogP contribution in [0.2, 0.25) is 0 Å². The second-order valence-corrected chi connectivity index (χ2v) is 6.51. The molecule has 0 unspecified atom stereocenters. The van der Waals surface area contributed by atoms with Crippen LogP contribution in [0.5, 0.6) is 0 Å². The van der Waals surface area contributed by atoms with Crippen molar-refractivity contribution in [1.29, 1.82) is 0 Å². The Labute approximate surface area is 148 Å². The Kier molecular flexibility index (Phi) is 4.27. The number of para-hydroxylation sites is 2. The van der Waals surface area contributed by atoms with Crippen molar-refractivity contribution in [2.75, 3.05) is 4.90 Å². The van der Waals surface area contributed by atoms with Crippen molar-refractivity contribution in [3.63, 3.8) is 0 Å². The molecule has 0 bridgehead atoms. The van der Waals surface area contributed by atoms with Crippen molar-refractivity contribution in [1.82, 2.24) is 0 Å². The molecule has 0 saturated carbocycles. The summed E-state index contributed by atoms with van der Waals surface area (Å²) in [5.74, 6) is 0.549. The number of benzene rings is 3. The third-order valence-corrected chi connectivity index (χ3v) is 5.11. The highest BCUT2D eigenvalue weighted by atomic mass is 35.5. The molecule has 4 rings (SSSR count). The van der Waals surface area contributed by atoms with Crippen LogP contribution in [0.1, 0.15) is 22.3 Å². The van der Waals surface area contributed by atoms with Gasteiger partial charge < -0.3 is 4.90 Å². The molecule has 1 nitrogen and oxygen atoms in total. The quantitative estimate of drug-likeness (QED) is 0.542. The molecule has 1 aliphatic rings. The van der Waals surface area contributed by atoms with E-state index in [9.17, 15) is 0 Å². The van der Waals surface area contributed by atoms with Gasteiger partial charge in [0, 0.05) is 23.8 Å². The molecule has 0 radical (unpaired) electrons. The summed E-state index contributed by atoms with van der Waals surface area (Å²) in [6.45, 7) is 0.844. The maximum atomic E-state index is 6.16. The average Bonchev–Trinajstić information content (AvgIpc) is 2.80. The van der Waals surface area contributed by atoms with Gasteiger partial charge in [-0.3, -0.25) is 0 Å². The van der Waals surface area contributed by atoms with Crippen molar-refractivity contribution in [3.05, 3.63) is 95.1 Å². The monoisotopic (exact) mass is 333 g/mol. The van der Waals surface area contributed by atoms with E-state index in [-0.39, 0.29) is 0 Å². The van der Waals surface area contributed by atoms with Gasteiger partial charge in [0.2, 0.25) is 0 Å². The standard InChI is InChI=1S/C22H20ClN/c23-15-19-9-1-2-10-20(19)16-24-21-11-5-3-7-17(21)13-14-18-8-4-6-12-22(18)24/h1-12H,13-16H2. The van der Waals surface area contributed by atoms with Gasteiger partial charge in [0.05, 0.1) is 0 Å². The lowest BCUT2D eigenvalue weighted by Gasteiger charge is -2.28. The topological polar surface area (TPSA) is 3.24 Å². The Morgan fingerprint density at radius 2 is 1.17 bits per heavy atom. The highest BCUT2D eigenvalue weighted by molar-refractivity contribution is 6.17. The smallest absolute Gasteiger partial charge is 0.0485 e. The Hall–Kier alpha value is -2.25. The van der Waals surface area contributed by atoms with Gasteiger partial charge in [0.15, 0.2) is 0 Å². The minimum Gasteiger partial charge on any atom is -0.337 e. The molecule has 1 heterocycles. The van der Waals surface area contributed by atoms with E-state index in [1.54, 1.807) is 0 Å². The molecule has 0 atom stereocenters. The van der Waals surface area contributed by atoms with Gasteiger partial charge in [-0.2, -0.15) is 0 Å². The van der Waals surface area contributed by atoms with Gasteiger partial charge in [0.25, 0.3) is 0 Å². The number of hydrogen-bond donors (Lipinski definition) is 0. The molecule has 3 aromatic rings. The van der Waals surface area contributed by atoms with E-state index >= 15 is 0 Å². The number of rotatable bonds is 3. The molecule has 0 saturated heterocycles. The SMILES string of the molecule is ClCc1ccccc1CN1c2ccccc2CCc2ccccc21. The van der Waals surface area contributed by atoms with Gasteiger partial charge in [-0.1, -0.05) is 60.7 Å². The molecule has 0 amide bonds. The van der Waals surface area contributed by atoms with E-state index in [0.29, 0.717) is 5.88 Å². The number of halogens is 1. The maximum Gasteiger partial charge on any atom is 0.0485 e. The average molecular weight is 334 g/mol. The first kappa shape index (κ1) is 15.3. The van der Waals surface area contributed by atoms with Crippen LogP contribution in [0.25, 0.3) is 0 Å². The molecule has 3 aromatic carbocycles. The number of anilines is 2. The normalized spacial score (nSPS) is 13.1. The predicted molar refractivity (Wildman–Crippen MR) is 102 cm³/mol. The Morgan fingerprint density at radius 3 is 1.75 bits per heavy atom. The first-order valence-electron chi connectivity index (χ1n) is 8.43. The second kappa shape index (κ2) is 6.70. The van der Waals surface area contributed by atoms with E-state index < -0.39 is 0 Å². The number of aryl methyl sites for hydroxylation is 2. The molecule has 0 fully saturated rings. The molecule has 0 spiro atoms. The van der Waals surface area contributed by atoms with Gasteiger partial charge in [-0.25, -0.2) is 0 Å². The minimum absolute atomic E-state index is 0.549. The van der Waals surface area contributed by atoms with E-state index in [2.05, 4.69) is 77.7 Å². The van der Waals surface area contributed by atoms with Crippen molar-refractivity contribution >= 4 is 23.0 Å². The van der Waals surface area contributed by atoms with Crippen LogP contribution in [0.3, 0.4) is 0 Å². The number of hydrogen-bond acceptors (Lipinski definition) is 1. The highest BCUT2D eigenvalue weighted by Gasteiger charge is 2.20. The Balaban J connectivity index is 1.84. The van der Waals surface area contributed by atoms with Crippen molar-refractivity contribution < 1.29 is 0 Å². The van der Waals surface area contributed by atoms with Gasteiger partial charge in [-0.05, 0) is 47.2 Å². The van der Waals surface area contributed by atoms with Crippen LogP contribution >= 0.6 is 11.6 Å². The first-order chi connectivity index (χ1) is 11.9. The van der Waals surface area contributed by atoms with Gasteiger partial charge in [0.1, 0.15) is 0 Å². The van der Waals surface area contributed by atoms with Crippen molar-refractivity contribution in [2.45, 2.75) is 25.3 Å². The molecule has 24 heavy (non-hydrogen) atoms. The molecular weight excluding hydrogens is 314 g/mol. The predicted octanol–water partition coefficient (Wildman–Crippen LogP) is 5.86. The number of fused-ring (bicyclic) bond motifs is 2. The fourth-order valence-corrected chi connectivity index (χ4v) is 3.81. The summed E-state index contributed by atoms with van der Waals surface area (Å²) in [6.07, 6.45) is 2.17. The molecule has 0 aliphatic carbocycles. The molecule has 0 aromatic heterocycles. The fraction of sp³-hybridized carbons (Fsp3) is 0.182. The minimum atomic E-state index is 0.549. The second-order valence-electron chi connectivity index (χ2n) is 6.25. The van der Waals surface area contributed by atoms with E-state index in [4.69, 9.17) is 11.6 Å². The third-order valence-electron chi connectivity index (χ3n) is 4.82. The largest absolute Gasteiger partial charge is 0.337 e. The van der Waals surface area contributed by atoms with Crippen molar-refractivity contribution in [3.8, 4) is 0 Å². The number of alkyl halides is 1. The molecule has 1 aliphatic heterocycles. The summed E-state index contributed by atoms with van der Waals surface area (Å²) >= 11 is 6.16. The summed E-state index contributed by atoms with van der Waals surface area (Å²) in [5.41, 5.74) is 7.95. The van der Waals surface area contributed by atoms with Crippen LogP contribution in [0, 0.1) is 0 Å². The molecular formula is C22H20ClN. The lowest BCUT2D eigenvalue weighted by Crippen LogP contribution is -2.18. The molecule has 120 valence electrons. The summed E-state index contributed by atoms with van der Waals surface area (Å²) in [7, 11) is 0. The highest BCUT2D eigenvalue weighted by Crippen LogP contribution is 2.37. The summed E-state index contributed by atoms with van der Waals surface area (Å²) in [4.78, 5) is 2.45. The van der Waals surface area contributed by atoms with E-state index in [1.807, 2.05) is 0 Å². The van der Waals surface area contributed by atoms with Crippen LogP contribution in [-0.2, 0) is 25.3 Å². The van der Waals surface area contributed by atoms with Crippen molar-refractivity contribution in [2.24, 2.45) is 0 Å². The van der Waals surface area contributed by atoms with Crippen LogP contribution in [-0.4, -0.2) is 0 Å². The van der Waals surface area contributed by atoms with E-state index in [1.165, 1.54) is 33.6 Å². The first-order valence-corrected chi connectivity index (χ1v) is 8.96. The fourth-order valence-electron chi connectivity index (χ4n) is 3.55. The summed E-state index contributed by atoms with van der Waals surface area (Å²) in [6, 6.07) is 26.0. The Bertz CT molecular complexity index is 808. The molecule has 2 heteroatoms. The van der Waals surface area contributed by atoms with Gasteiger partial charge in [-0.15, -0.1) is 11.6 Å². The third kappa shape index (κ3) is 2.81. The Morgan fingerprint density at radius 1 is 0.667 bits per heavy atom. The number of nitrogens with zero attached hydrogens (tertiary/aromatic N) is 1. The van der Waals surface area contributed by atoms with Gasteiger partial charge >= 0.3 is 0 Å². The lowest BCUT2D eigenvalue weighted by atomic mass is 10.0. The zero-order valence-electron chi connectivity index (χ0n) is 13.6. The zero-order chi connectivity index (χ0) is 16.4. The summed E-state index contributed by atoms with van der Waals surface area (Å²) < 4.78 is 0. The van der Waals surface area contributed by atoms with Crippen LogP contribution in [0.4, 0.5) is 11.4 Å².